The Labute approximate surface area is 152 Å². The fourth-order valence-corrected chi connectivity index (χ4v) is 3.76. The highest BCUT2D eigenvalue weighted by atomic mass is 32.1. The lowest BCUT2D eigenvalue weighted by Gasteiger charge is -2.21. The Morgan fingerprint density at radius 3 is 2.52 bits per heavy atom. The summed E-state index contributed by atoms with van der Waals surface area (Å²) in [6.45, 7) is 6.88. The maximum absolute atomic E-state index is 12.3. The molecule has 1 aliphatic carbocycles. The van der Waals surface area contributed by atoms with Gasteiger partial charge in [0, 0.05) is 10.4 Å². The predicted octanol–water partition coefficient (Wildman–Crippen LogP) is 3.19. The van der Waals surface area contributed by atoms with Crippen molar-refractivity contribution in [2.45, 2.75) is 71.4 Å². The largest absolute Gasteiger partial charge is 0.448 e. The smallest absolute Gasteiger partial charge is 0.349 e. The summed E-state index contributed by atoms with van der Waals surface area (Å²) in [5, 5.41) is 4.81. The maximum atomic E-state index is 12.3. The van der Waals surface area contributed by atoms with Crippen LogP contribution in [0.4, 0.5) is 4.79 Å². The molecule has 0 saturated heterocycles. The van der Waals surface area contributed by atoms with Crippen LogP contribution in [0.2, 0.25) is 0 Å². The molecule has 138 valence electrons. The van der Waals surface area contributed by atoms with Gasteiger partial charge in [0.05, 0.1) is 0 Å². The topological polar surface area (TPSA) is 84.5 Å². The number of hydrogen-bond donors (Lipinski definition) is 2. The lowest BCUT2D eigenvalue weighted by Crippen LogP contribution is -2.50. The van der Waals surface area contributed by atoms with Crippen LogP contribution in [0.3, 0.4) is 0 Å². The lowest BCUT2D eigenvalue weighted by atomic mass is 10.1. The molecule has 2 N–H and O–H groups in total. The first-order valence-electron chi connectivity index (χ1n) is 8.61. The van der Waals surface area contributed by atoms with Crippen LogP contribution < -0.4 is 10.6 Å². The number of rotatable bonds is 3. The molecule has 2 rings (SSSR count). The van der Waals surface area contributed by atoms with E-state index >= 15 is 0 Å². The minimum atomic E-state index is -1.04. The normalized spacial score (nSPS) is 15.5. The molecule has 0 aromatic carbocycles. The summed E-state index contributed by atoms with van der Waals surface area (Å²) >= 11 is 1.45. The van der Waals surface area contributed by atoms with Gasteiger partial charge in [0.25, 0.3) is 5.91 Å². The summed E-state index contributed by atoms with van der Waals surface area (Å²) in [7, 11) is 0. The summed E-state index contributed by atoms with van der Waals surface area (Å²) in [5.41, 5.74) is 0.759. The molecule has 7 heteroatoms. The van der Waals surface area contributed by atoms with Crippen molar-refractivity contribution >= 4 is 29.2 Å². The molecular formula is C18H26N2O4S. The molecule has 0 aliphatic heterocycles. The summed E-state index contributed by atoms with van der Waals surface area (Å²) in [6, 6.07) is 1.27. The first-order chi connectivity index (χ1) is 11.7. The van der Waals surface area contributed by atoms with Crippen LogP contribution in [0.1, 0.15) is 67.1 Å². The van der Waals surface area contributed by atoms with Crippen molar-refractivity contribution in [1.29, 1.82) is 0 Å². The predicted molar refractivity (Wildman–Crippen MR) is 96.9 cm³/mol. The molecule has 0 radical (unpaired) electrons. The third-order valence-electron chi connectivity index (χ3n) is 3.83. The third kappa shape index (κ3) is 5.85. The van der Waals surface area contributed by atoms with Crippen LogP contribution in [0.15, 0.2) is 6.07 Å². The van der Waals surface area contributed by atoms with Crippen molar-refractivity contribution in [3.05, 3.63) is 21.4 Å². The SMILES string of the molecule is C[C@H](OC(=O)c1cc2c(s1)CCCCC2)C(=O)NC(=O)NC(C)(C)C. The second-order valence-corrected chi connectivity index (χ2v) is 8.50. The zero-order valence-corrected chi connectivity index (χ0v) is 16.0. The molecule has 25 heavy (non-hydrogen) atoms. The molecule has 0 saturated carbocycles. The van der Waals surface area contributed by atoms with Crippen molar-refractivity contribution in [3.63, 3.8) is 0 Å². The number of hydrogen-bond acceptors (Lipinski definition) is 5. The zero-order valence-electron chi connectivity index (χ0n) is 15.2. The zero-order chi connectivity index (χ0) is 18.6. The van der Waals surface area contributed by atoms with Crippen LogP contribution in [0.5, 0.6) is 0 Å². The molecule has 0 spiro atoms. The van der Waals surface area contributed by atoms with E-state index in [2.05, 4.69) is 10.6 Å². The van der Waals surface area contributed by atoms with E-state index in [4.69, 9.17) is 4.74 Å². The maximum Gasteiger partial charge on any atom is 0.349 e. The van der Waals surface area contributed by atoms with Crippen molar-refractivity contribution in [2.75, 3.05) is 0 Å². The van der Waals surface area contributed by atoms with Crippen LogP contribution in [0, 0.1) is 0 Å². The second kappa shape index (κ2) is 7.99. The van der Waals surface area contributed by atoms with E-state index in [1.54, 1.807) is 20.8 Å². The van der Waals surface area contributed by atoms with E-state index in [-0.39, 0.29) is 0 Å². The molecule has 3 amide bonds. The number of amides is 3. The molecule has 6 nitrogen and oxygen atoms in total. The van der Waals surface area contributed by atoms with Gasteiger partial charge in [-0.05, 0) is 65.0 Å². The van der Waals surface area contributed by atoms with Crippen molar-refractivity contribution in [3.8, 4) is 0 Å². The lowest BCUT2D eigenvalue weighted by molar-refractivity contribution is -0.127. The number of aryl methyl sites for hydroxylation is 2. The number of thiophene rings is 1. The average molecular weight is 366 g/mol. The Kier molecular flexibility index (Phi) is 6.21. The van der Waals surface area contributed by atoms with E-state index in [0.717, 1.165) is 25.7 Å². The number of nitrogens with one attached hydrogen (secondary N) is 2. The van der Waals surface area contributed by atoms with Gasteiger partial charge >= 0.3 is 12.0 Å². The molecule has 0 unspecified atom stereocenters. The highest BCUT2D eigenvalue weighted by Gasteiger charge is 2.24. The van der Waals surface area contributed by atoms with E-state index in [0.29, 0.717) is 4.88 Å². The van der Waals surface area contributed by atoms with Gasteiger partial charge < -0.3 is 10.1 Å². The summed E-state index contributed by atoms with van der Waals surface area (Å²) in [4.78, 5) is 37.8. The van der Waals surface area contributed by atoms with Gasteiger partial charge in [0.1, 0.15) is 4.88 Å². The van der Waals surface area contributed by atoms with Gasteiger partial charge in [-0.1, -0.05) is 6.42 Å². The molecule has 1 aromatic heterocycles. The minimum absolute atomic E-state index is 0.459. The Morgan fingerprint density at radius 2 is 1.84 bits per heavy atom. The number of imide groups is 1. The number of esters is 1. The van der Waals surface area contributed by atoms with Gasteiger partial charge in [0.15, 0.2) is 6.10 Å². The third-order valence-corrected chi connectivity index (χ3v) is 5.04. The fourth-order valence-electron chi connectivity index (χ4n) is 2.63. The van der Waals surface area contributed by atoms with Crippen LogP contribution in [-0.4, -0.2) is 29.6 Å². The molecule has 1 aromatic rings. The van der Waals surface area contributed by atoms with Crippen LogP contribution in [-0.2, 0) is 22.4 Å². The Bertz CT molecular complexity index is 637. The second-order valence-electron chi connectivity index (χ2n) is 7.36. The number of urea groups is 1. The van der Waals surface area contributed by atoms with Crippen LogP contribution in [0.25, 0.3) is 0 Å². The quantitative estimate of drug-likeness (QED) is 0.635. The first kappa shape index (κ1) is 19.4. The highest BCUT2D eigenvalue weighted by Crippen LogP contribution is 2.29. The van der Waals surface area contributed by atoms with Crippen molar-refractivity contribution in [1.82, 2.24) is 10.6 Å². The van der Waals surface area contributed by atoms with E-state index < -0.39 is 29.6 Å². The monoisotopic (exact) mass is 366 g/mol. The summed E-state index contributed by atoms with van der Waals surface area (Å²) in [5.74, 6) is -1.16. The first-order valence-corrected chi connectivity index (χ1v) is 9.43. The number of carbonyl (C=O) groups excluding carboxylic acids is 3. The standard InChI is InChI=1S/C18H26N2O4S/c1-11(15(21)19-17(23)20-18(2,3)4)24-16(22)14-10-12-8-6-5-7-9-13(12)25-14/h10-11H,5-9H2,1-4H3,(H2,19,20,21,23)/t11-/m0/s1. The summed E-state index contributed by atoms with van der Waals surface area (Å²) < 4.78 is 5.22. The Balaban J connectivity index is 1.91. The number of ether oxygens (including phenoxy) is 1. The Morgan fingerprint density at radius 1 is 1.16 bits per heavy atom. The van der Waals surface area contributed by atoms with E-state index in [1.165, 1.54) is 35.1 Å². The molecule has 1 heterocycles. The van der Waals surface area contributed by atoms with Crippen LogP contribution >= 0.6 is 11.3 Å². The molecule has 1 aliphatic rings. The summed E-state index contributed by atoms with van der Waals surface area (Å²) in [6.07, 6.45) is 4.44. The average Bonchev–Trinajstić information content (AvgIpc) is 2.76. The number of carbonyl (C=O) groups is 3. The number of fused-ring (bicyclic) bond motifs is 1. The van der Waals surface area contributed by atoms with Gasteiger partial charge in [-0.15, -0.1) is 11.3 Å². The van der Waals surface area contributed by atoms with Gasteiger partial charge in [-0.3, -0.25) is 10.1 Å². The van der Waals surface area contributed by atoms with Gasteiger partial charge in [-0.25, -0.2) is 9.59 Å². The molecular weight excluding hydrogens is 340 g/mol. The van der Waals surface area contributed by atoms with Crippen molar-refractivity contribution in [2.24, 2.45) is 0 Å². The fraction of sp³-hybridized carbons (Fsp3) is 0.611. The van der Waals surface area contributed by atoms with Crippen molar-refractivity contribution < 1.29 is 19.1 Å². The van der Waals surface area contributed by atoms with E-state index in [1.807, 2.05) is 6.07 Å². The Hall–Kier alpha value is -1.89. The van der Waals surface area contributed by atoms with E-state index in [9.17, 15) is 14.4 Å². The van der Waals surface area contributed by atoms with Gasteiger partial charge in [0.2, 0.25) is 0 Å². The molecule has 1 atom stereocenters. The van der Waals surface area contributed by atoms with Gasteiger partial charge in [-0.2, -0.15) is 0 Å². The minimum Gasteiger partial charge on any atom is -0.448 e. The molecule has 0 bridgehead atoms. The molecule has 0 fully saturated rings. The highest BCUT2D eigenvalue weighted by molar-refractivity contribution is 7.14.